The fourth-order valence-electron chi connectivity index (χ4n) is 3.00. The van der Waals surface area contributed by atoms with Crippen molar-refractivity contribution in [1.82, 2.24) is 10.2 Å². The molecule has 0 aromatic heterocycles. The number of imide groups is 1. The first-order valence-corrected chi connectivity index (χ1v) is 9.18. The van der Waals surface area contributed by atoms with Crippen LogP contribution in [0, 0.1) is 0 Å². The van der Waals surface area contributed by atoms with Gasteiger partial charge in [-0.25, -0.2) is 0 Å². The fraction of sp³-hybridized carbons (Fsp3) is 0.400. The maximum atomic E-state index is 12.8. The average Bonchev–Trinajstić information content (AvgIpc) is 2.95. The summed E-state index contributed by atoms with van der Waals surface area (Å²) < 4.78 is 0. The van der Waals surface area contributed by atoms with Crippen molar-refractivity contribution in [3.05, 3.63) is 47.5 Å². The van der Waals surface area contributed by atoms with Crippen molar-refractivity contribution in [2.45, 2.75) is 44.7 Å². The Morgan fingerprint density at radius 2 is 1.71 bits per heavy atom. The van der Waals surface area contributed by atoms with Crippen LogP contribution in [0.1, 0.15) is 43.4 Å². The van der Waals surface area contributed by atoms with Crippen molar-refractivity contribution in [3.8, 4) is 0 Å². The molecule has 150 valence electrons. The van der Waals surface area contributed by atoms with Gasteiger partial charge < -0.3 is 16.2 Å². The number of rotatable bonds is 10. The summed E-state index contributed by atoms with van der Waals surface area (Å²) in [5.74, 6) is -2.47. The number of amides is 3. The van der Waals surface area contributed by atoms with Gasteiger partial charge in [-0.2, -0.15) is 0 Å². The Morgan fingerprint density at radius 1 is 1.11 bits per heavy atom. The van der Waals surface area contributed by atoms with Gasteiger partial charge >= 0.3 is 5.97 Å². The Balaban J connectivity index is 2.13. The van der Waals surface area contributed by atoms with Crippen LogP contribution in [-0.4, -0.2) is 46.3 Å². The van der Waals surface area contributed by atoms with Gasteiger partial charge in [0.05, 0.1) is 0 Å². The van der Waals surface area contributed by atoms with Crippen LogP contribution in [0.25, 0.3) is 0 Å². The van der Waals surface area contributed by atoms with E-state index in [0.29, 0.717) is 24.8 Å². The van der Waals surface area contributed by atoms with Gasteiger partial charge in [-0.15, -0.1) is 0 Å². The van der Waals surface area contributed by atoms with Crippen LogP contribution in [0.15, 0.2) is 36.4 Å². The number of carbonyl (C=O) groups excluding carboxylic acids is 3. The van der Waals surface area contributed by atoms with Crippen molar-refractivity contribution < 1.29 is 24.3 Å². The molecular formula is C20H25N3O5. The van der Waals surface area contributed by atoms with E-state index in [1.165, 1.54) is 0 Å². The Bertz CT molecular complexity index is 753. The van der Waals surface area contributed by atoms with Crippen molar-refractivity contribution in [1.29, 1.82) is 0 Å². The topological polar surface area (TPSA) is 130 Å². The van der Waals surface area contributed by atoms with E-state index in [2.05, 4.69) is 5.32 Å². The molecule has 2 rings (SSSR count). The number of carbonyl (C=O) groups is 4. The molecular weight excluding hydrogens is 362 g/mol. The molecule has 0 saturated heterocycles. The summed E-state index contributed by atoms with van der Waals surface area (Å²) in [7, 11) is 0. The molecule has 1 heterocycles. The van der Waals surface area contributed by atoms with E-state index in [-0.39, 0.29) is 19.0 Å². The number of carboxylic acids is 1. The van der Waals surface area contributed by atoms with Crippen LogP contribution < -0.4 is 11.1 Å². The van der Waals surface area contributed by atoms with E-state index in [0.717, 1.165) is 22.6 Å². The zero-order chi connectivity index (χ0) is 20.7. The van der Waals surface area contributed by atoms with Crippen LogP contribution in [0.2, 0.25) is 0 Å². The van der Waals surface area contributed by atoms with Gasteiger partial charge in [0.15, 0.2) is 0 Å². The predicted molar refractivity (Wildman–Crippen MR) is 102 cm³/mol. The standard InChI is InChI=1S/C20H25N3O5/c1-13(21)12-14-5-7-15(8-6-14)19(23-16(24)9-10-17(23)25)20(28)22-11-3-2-4-18(26)27/h5-10,13,19H,2-4,11-12,21H2,1H3,(H,22,28)(H,26,27). The lowest BCUT2D eigenvalue weighted by atomic mass is 10.00. The summed E-state index contributed by atoms with van der Waals surface area (Å²) in [5, 5.41) is 11.3. The Labute approximate surface area is 163 Å². The van der Waals surface area contributed by atoms with Gasteiger partial charge in [-0.05, 0) is 37.3 Å². The minimum Gasteiger partial charge on any atom is -0.481 e. The average molecular weight is 387 g/mol. The molecule has 8 heteroatoms. The second-order valence-electron chi connectivity index (χ2n) is 6.85. The van der Waals surface area contributed by atoms with Crippen molar-refractivity contribution in [2.24, 2.45) is 5.73 Å². The van der Waals surface area contributed by atoms with Gasteiger partial charge in [0.25, 0.3) is 11.8 Å². The highest BCUT2D eigenvalue weighted by molar-refractivity contribution is 6.15. The molecule has 3 amide bonds. The molecule has 0 aliphatic carbocycles. The Morgan fingerprint density at radius 3 is 2.25 bits per heavy atom. The maximum absolute atomic E-state index is 12.8. The first kappa shape index (κ1) is 21.3. The molecule has 0 spiro atoms. The quantitative estimate of drug-likeness (QED) is 0.404. The van der Waals surface area contributed by atoms with E-state index < -0.39 is 29.7 Å². The normalized spacial score (nSPS) is 15.6. The highest BCUT2D eigenvalue weighted by Gasteiger charge is 2.36. The molecule has 1 aliphatic heterocycles. The molecule has 0 saturated carbocycles. The number of nitrogens with one attached hydrogen (secondary N) is 1. The SMILES string of the molecule is CC(N)Cc1ccc(C(C(=O)NCCCCC(=O)O)N2C(=O)C=CC2=O)cc1. The van der Waals surface area contributed by atoms with E-state index >= 15 is 0 Å². The second-order valence-corrected chi connectivity index (χ2v) is 6.85. The minimum absolute atomic E-state index is 0.0123. The summed E-state index contributed by atoms with van der Waals surface area (Å²) >= 11 is 0. The number of carboxylic acid groups (broad SMARTS) is 1. The van der Waals surface area contributed by atoms with Gasteiger partial charge in [0.2, 0.25) is 5.91 Å². The van der Waals surface area contributed by atoms with Gasteiger partial charge in [-0.1, -0.05) is 24.3 Å². The van der Waals surface area contributed by atoms with Crippen LogP contribution >= 0.6 is 0 Å². The molecule has 0 fully saturated rings. The van der Waals surface area contributed by atoms with Gasteiger partial charge in [-0.3, -0.25) is 24.1 Å². The largest absolute Gasteiger partial charge is 0.481 e. The summed E-state index contributed by atoms with van der Waals surface area (Å²) in [6, 6.07) is 5.98. The lowest BCUT2D eigenvalue weighted by Gasteiger charge is -2.26. The lowest BCUT2D eigenvalue weighted by molar-refractivity contribution is -0.145. The van der Waals surface area contributed by atoms with E-state index in [4.69, 9.17) is 10.8 Å². The summed E-state index contributed by atoms with van der Waals surface area (Å²) in [6.07, 6.45) is 3.88. The number of unbranched alkanes of at least 4 members (excludes halogenated alkanes) is 1. The second kappa shape index (κ2) is 9.80. The third kappa shape index (κ3) is 5.75. The zero-order valence-electron chi connectivity index (χ0n) is 15.8. The number of hydrogen-bond acceptors (Lipinski definition) is 5. The van der Waals surface area contributed by atoms with Crippen molar-refractivity contribution in [3.63, 3.8) is 0 Å². The fourth-order valence-corrected chi connectivity index (χ4v) is 3.00. The maximum Gasteiger partial charge on any atom is 0.303 e. The minimum atomic E-state index is -1.08. The predicted octanol–water partition coefficient (Wildman–Crippen LogP) is 0.913. The van der Waals surface area contributed by atoms with Crippen molar-refractivity contribution in [2.75, 3.05) is 6.54 Å². The smallest absolute Gasteiger partial charge is 0.303 e. The van der Waals surface area contributed by atoms with Crippen LogP contribution in [0.4, 0.5) is 0 Å². The molecule has 2 atom stereocenters. The monoisotopic (exact) mass is 387 g/mol. The first-order chi connectivity index (χ1) is 13.3. The van der Waals surface area contributed by atoms with E-state index in [1.54, 1.807) is 12.1 Å². The third-order valence-electron chi connectivity index (χ3n) is 4.32. The summed E-state index contributed by atoms with van der Waals surface area (Å²) in [5.41, 5.74) is 7.30. The molecule has 28 heavy (non-hydrogen) atoms. The molecule has 0 bridgehead atoms. The molecule has 1 aliphatic rings. The van der Waals surface area contributed by atoms with Gasteiger partial charge in [0.1, 0.15) is 6.04 Å². The number of nitrogens with zero attached hydrogens (tertiary/aromatic N) is 1. The van der Waals surface area contributed by atoms with Crippen LogP contribution in [-0.2, 0) is 25.6 Å². The van der Waals surface area contributed by atoms with E-state index in [1.807, 2.05) is 19.1 Å². The van der Waals surface area contributed by atoms with Crippen molar-refractivity contribution >= 4 is 23.7 Å². The Hall–Kier alpha value is -3.00. The molecule has 1 aromatic carbocycles. The van der Waals surface area contributed by atoms with E-state index in [9.17, 15) is 19.2 Å². The number of benzene rings is 1. The molecule has 0 radical (unpaired) electrons. The highest BCUT2D eigenvalue weighted by Crippen LogP contribution is 2.25. The van der Waals surface area contributed by atoms with Crippen LogP contribution in [0.5, 0.6) is 0 Å². The summed E-state index contributed by atoms with van der Waals surface area (Å²) in [6.45, 7) is 2.15. The molecule has 4 N–H and O–H groups in total. The molecule has 1 aromatic rings. The highest BCUT2D eigenvalue weighted by atomic mass is 16.4. The first-order valence-electron chi connectivity index (χ1n) is 9.18. The number of hydrogen-bond donors (Lipinski definition) is 3. The summed E-state index contributed by atoms with van der Waals surface area (Å²) in [4.78, 5) is 48.5. The Kier molecular flexibility index (Phi) is 7.45. The number of aliphatic carboxylic acids is 1. The lowest BCUT2D eigenvalue weighted by Crippen LogP contribution is -2.43. The van der Waals surface area contributed by atoms with Crippen LogP contribution in [0.3, 0.4) is 0 Å². The number of nitrogens with two attached hydrogens (primary N) is 1. The molecule has 2 unspecified atom stereocenters. The zero-order valence-corrected chi connectivity index (χ0v) is 15.8. The van der Waals surface area contributed by atoms with Gasteiger partial charge in [0, 0.05) is 31.2 Å². The third-order valence-corrected chi connectivity index (χ3v) is 4.32. The molecule has 8 nitrogen and oxygen atoms in total.